The molecule has 3 aromatic heterocycles. The second-order valence-electron chi connectivity index (χ2n) is 5.61. The lowest BCUT2D eigenvalue weighted by Crippen LogP contribution is -2.07. The number of aromatic nitrogens is 3. The van der Waals surface area contributed by atoms with E-state index in [1.165, 1.54) is 7.11 Å². The summed E-state index contributed by atoms with van der Waals surface area (Å²) in [4.78, 5) is 21.8. The number of hydrogen-bond donors (Lipinski definition) is 0. The standard InChI is InChI=1S/C18H14ClN3O2S/c1-10-20-12-7-8-13(18(23)24-2)21-17(12)22(10)9-15-16(19)11-5-3-4-6-14(11)25-15/h3-8H,9H2,1-2H3. The van der Waals surface area contributed by atoms with E-state index in [9.17, 15) is 4.79 Å². The summed E-state index contributed by atoms with van der Waals surface area (Å²) in [7, 11) is 1.34. The van der Waals surface area contributed by atoms with Crippen LogP contribution in [0.5, 0.6) is 0 Å². The fourth-order valence-electron chi connectivity index (χ4n) is 2.83. The summed E-state index contributed by atoms with van der Waals surface area (Å²) >= 11 is 8.22. The van der Waals surface area contributed by atoms with Crippen LogP contribution in [-0.2, 0) is 11.3 Å². The number of carbonyl (C=O) groups excluding carboxylic acids is 1. The van der Waals surface area contributed by atoms with Crippen molar-refractivity contribution in [3.63, 3.8) is 0 Å². The molecular weight excluding hydrogens is 358 g/mol. The van der Waals surface area contributed by atoms with Crippen LogP contribution in [0.1, 0.15) is 21.2 Å². The van der Waals surface area contributed by atoms with Crippen LogP contribution in [0.2, 0.25) is 5.02 Å². The Labute approximate surface area is 152 Å². The maximum absolute atomic E-state index is 11.8. The number of imidazole rings is 1. The van der Waals surface area contributed by atoms with E-state index in [4.69, 9.17) is 16.3 Å². The Morgan fingerprint density at radius 3 is 2.80 bits per heavy atom. The average molecular weight is 372 g/mol. The number of rotatable bonds is 3. The summed E-state index contributed by atoms with van der Waals surface area (Å²) in [6, 6.07) is 11.5. The Kier molecular flexibility index (Phi) is 3.94. The van der Waals surface area contributed by atoms with Crippen molar-refractivity contribution in [3.05, 3.63) is 57.8 Å². The number of pyridine rings is 1. The first-order valence-corrected chi connectivity index (χ1v) is 8.86. The van der Waals surface area contributed by atoms with Crippen LogP contribution in [0, 0.1) is 6.92 Å². The summed E-state index contributed by atoms with van der Waals surface area (Å²) in [6.07, 6.45) is 0. The lowest BCUT2D eigenvalue weighted by atomic mass is 10.2. The molecule has 0 aliphatic carbocycles. The molecule has 0 saturated carbocycles. The molecule has 0 fully saturated rings. The number of thiophene rings is 1. The summed E-state index contributed by atoms with van der Waals surface area (Å²) in [5.41, 5.74) is 1.65. The second kappa shape index (κ2) is 6.13. The van der Waals surface area contributed by atoms with E-state index in [2.05, 4.69) is 16.0 Å². The number of methoxy groups -OCH3 is 1. The quantitative estimate of drug-likeness (QED) is 0.499. The normalized spacial score (nSPS) is 11.3. The molecule has 126 valence electrons. The molecule has 0 aliphatic rings. The number of hydrogen-bond acceptors (Lipinski definition) is 5. The van der Waals surface area contributed by atoms with E-state index in [1.54, 1.807) is 23.5 Å². The third kappa shape index (κ3) is 2.67. The highest BCUT2D eigenvalue weighted by Crippen LogP contribution is 2.36. The van der Waals surface area contributed by atoms with Gasteiger partial charge in [-0.05, 0) is 25.1 Å². The van der Waals surface area contributed by atoms with Crippen molar-refractivity contribution in [1.29, 1.82) is 0 Å². The maximum Gasteiger partial charge on any atom is 0.356 e. The van der Waals surface area contributed by atoms with Gasteiger partial charge >= 0.3 is 5.97 Å². The zero-order chi connectivity index (χ0) is 17.6. The molecule has 4 aromatic rings. The molecule has 0 atom stereocenters. The number of nitrogens with zero attached hydrogens (tertiary/aromatic N) is 3. The molecular formula is C18H14ClN3O2S. The summed E-state index contributed by atoms with van der Waals surface area (Å²) in [5.74, 6) is 0.352. The third-order valence-electron chi connectivity index (χ3n) is 4.08. The van der Waals surface area contributed by atoms with E-state index < -0.39 is 5.97 Å². The van der Waals surface area contributed by atoms with E-state index in [0.29, 0.717) is 12.2 Å². The van der Waals surface area contributed by atoms with Gasteiger partial charge in [-0.1, -0.05) is 29.8 Å². The van der Waals surface area contributed by atoms with Gasteiger partial charge in [-0.15, -0.1) is 11.3 Å². The predicted molar refractivity (Wildman–Crippen MR) is 99.5 cm³/mol. The molecule has 0 radical (unpaired) electrons. The minimum absolute atomic E-state index is 0.263. The van der Waals surface area contributed by atoms with Crippen molar-refractivity contribution >= 4 is 50.2 Å². The molecule has 0 amide bonds. The highest BCUT2D eigenvalue weighted by molar-refractivity contribution is 7.19. The number of ether oxygens (including phenoxy) is 1. The molecule has 25 heavy (non-hydrogen) atoms. The van der Waals surface area contributed by atoms with Gasteiger partial charge in [-0.25, -0.2) is 14.8 Å². The molecule has 3 heterocycles. The molecule has 0 aliphatic heterocycles. The van der Waals surface area contributed by atoms with Crippen LogP contribution in [0.4, 0.5) is 0 Å². The Hall–Kier alpha value is -2.44. The SMILES string of the molecule is COC(=O)c1ccc2nc(C)n(Cc3sc4ccccc4c3Cl)c2n1. The Morgan fingerprint density at radius 1 is 1.24 bits per heavy atom. The molecule has 7 heteroatoms. The molecule has 0 spiro atoms. The fraction of sp³-hybridized carbons (Fsp3) is 0.167. The minimum atomic E-state index is -0.466. The fourth-order valence-corrected chi connectivity index (χ4v) is 4.31. The summed E-state index contributed by atoms with van der Waals surface area (Å²) < 4.78 is 7.88. The van der Waals surface area contributed by atoms with Gasteiger partial charge in [-0.2, -0.15) is 0 Å². The van der Waals surface area contributed by atoms with Crippen LogP contribution in [0.25, 0.3) is 21.3 Å². The number of esters is 1. The van der Waals surface area contributed by atoms with Gasteiger partial charge in [0.1, 0.15) is 11.3 Å². The lowest BCUT2D eigenvalue weighted by molar-refractivity contribution is 0.0594. The molecule has 0 saturated heterocycles. The monoisotopic (exact) mass is 371 g/mol. The van der Waals surface area contributed by atoms with Crippen molar-refractivity contribution in [2.75, 3.05) is 7.11 Å². The number of aryl methyl sites for hydroxylation is 1. The van der Waals surface area contributed by atoms with Crippen molar-refractivity contribution < 1.29 is 9.53 Å². The minimum Gasteiger partial charge on any atom is -0.464 e. The van der Waals surface area contributed by atoms with E-state index in [1.807, 2.05) is 29.7 Å². The Bertz CT molecular complexity index is 1120. The van der Waals surface area contributed by atoms with Crippen LogP contribution in [0.3, 0.4) is 0 Å². The zero-order valence-corrected chi connectivity index (χ0v) is 15.2. The first kappa shape index (κ1) is 16.1. The van der Waals surface area contributed by atoms with E-state index >= 15 is 0 Å². The smallest absolute Gasteiger partial charge is 0.356 e. The van der Waals surface area contributed by atoms with Crippen molar-refractivity contribution in [1.82, 2.24) is 14.5 Å². The van der Waals surface area contributed by atoms with Crippen LogP contribution in [0.15, 0.2) is 36.4 Å². The van der Waals surface area contributed by atoms with Crippen LogP contribution < -0.4 is 0 Å². The third-order valence-corrected chi connectivity index (χ3v) is 5.78. The largest absolute Gasteiger partial charge is 0.464 e. The highest BCUT2D eigenvalue weighted by Gasteiger charge is 2.16. The maximum atomic E-state index is 11.8. The highest BCUT2D eigenvalue weighted by atomic mass is 35.5. The number of halogens is 1. The number of fused-ring (bicyclic) bond motifs is 2. The zero-order valence-electron chi connectivity index (χ0n) is 13.6. The molecule has 0 N–H and O–H groups in total. The summed E-state index contributed by atoms with van der Waals surface area (Å²) in [5, 5.41) is 1.81. The summed E-state index contributed by atoms with van der Waals surface area (Å²) in [6.45, 7) is 2.47. The Balaban J connectivity index is 1.83. The molecule has 1 aromatic carbocycles. The van der Waals surface area contributed by atoms with Gasteiger partial charge in [0.25, 0.3) is 0 Å². The van der Waals surface area contributed by atoms with Gasteiger partial charge in [-0.3, -0.25) is 0 Å². The van der Waals surface area contributed by atoms with E-state index in [0.717, 1.165) is 31.3 Å². The molecule has 0 bridgehead atoms. The second-order valence-corrected chi connectivity index (χ2v) is 7.13. The van der Waals surface area contributed by atoms with Gasteiger partial charge in [0.05, 0.1) is 18.7 Å². The lowest BCUT2D eigenvalue weighted by Gasteiger charge is -2.06. The van der Waals surface area contributed by atoms with Crippen LogP contribution >= 0.6 is 22.9 Å². The number of benzene rings is 1. The van der Waals surface area contributed by atoms with Crippen molar-refractivity contribution in [2.24, 2.45) is 0 Å². The topological polar surface area (TPSA) is 57.0 Å². The van der Waals surface area contributed by atoms with Gasteiger partial charge in [0, 0.05) is 15.0 Å². The molecule has 4 rings (SSSR count). The van der Waals surface area contributed by atoms with Gasteiger partial charge < -0.3 is 9.30 Å². The molecule has 0 unspecified atom stereocenters. The van der Waals surface area contributed by atoms with Gasteiger partial charge in [0.15, 0.2) is 11.3 Å². The van der Waals surface area contributed by atoms with Crippen molar-refractivity contribution in [2.45, 2.75) is 13.5 Å². The predicted octanol–water partition coefficient (Wildman–Crippen LogP) is 4.44. The first-order valence-electron chi connectivity index (χ1n) is 7.66. The first-order chi connectivity index (χ1) is 12.1. The van der Waals surface area contributed by atoms with Crippen LogP contribution in [-0.4, -0.2) is 27.6 Å². The number of carbonyl (C=O) groups is 1. The van der Waals surface area contributed by atoms with Crippen molar-refractivity contribution in [3.8, 4) is 0 Å². The van der Waals surface area contributed by atoms with Gasteiger partial charge in [0.2, 0.25) is 0 Å². The van der Waals surface area contributed by atoms with E-state index in [-0.39, 0.29) is 5.69 Å². The molecule has 5 nitrogen and oxygen atoms in total. The average Bonchev–Trinajstić information content (AvgIpc) is 3.11. The Morgan fingerprint density at radius 2 is 2.04 bits per heavy atom.